The van der Waals surface area contributed by atoms with Gasteiger partial charge in [0.05, 0.1) is 12.5 Å². The molecule has 0 fully saturated rings. The van der Waals surface area contributed by atoms with Crippen molar-refractivity contribution in [2.24, 2.45) is 0 Å². The molecule has 0 unspecified atom stereocenters. The van der Waals surface area contributed by atoms with Gasteiger partial charge in [0, 0.05) is 31.1 Å². The number of carbonyl (C=O) groups is 3. The second-order valence-electron chi connectivity index (χ2n) is 6.16. The number of rotatable bonds is 7. The normalized spacial score (nSPS) is 11.4. The summed E-state index contributed by atoms with van der Waals surface area (Å²) >= 11 is 5.89. The molecular formula is C20H22ClN3O3. The first-order valence-electron chi connectivity index (χ1n) is 8.49. The van der Waals surface area contributed by atoms with Crippen LogP contribution in [0.25, 0.3) is 0 Å². The number of nitrogens with one attached hydrogen (secondary N) is 3. The predicted octanol–water partition coefficient (Wildman–Crippen LogP) is 3.18. The minimum Gasteiger partial charge on any atom is -0.352 e. The summed E-state index contributed by atoms with van der Waals surface area (Å²) in [5.74, 6) is -0.534. The molecule has 0 saturated heterocycles. The Kier molecular flexibility index (Phi) is 7.37. The van der Waals surface area contributed by atoms with Gasteiger partial charge in [-0.05, 0) is 35.4 Å². The molecule has 0 radical (unpaired) electrons. The van der Waals surface area contributed by atoms with E-state index in [1.54, 1.807) is 36.4 Å². The van der Waals surface area contributed by atoms with Crippen molar-refractivity contribution in [3.8, 4) is 0 Å². The smallest absolute Gasteiger partial charge is 0.222 e. The van der Waals surface area contributed by atoms with Crippen molar-refractivity contribution in [3.05, 3.63) is 64.7 Å². The SMILES string of the molecule is CC(=O)Nc1ccc(CNC(=O)C[C@H](NC(C)=O)c2ccc(Cl)cc2)cc1. The summed E-state index contributed by atoms with van der Waals surface area (Å²) in [7, 11) is 0. The number of amides is 3. The summed E-state index contributed by atoms with van der Waals surface area (Å²) in [5, 5.41) is 8.91. The van der Waals surface area contributed by atoms with Gasteiger partial charge >= 0.3 is 0 Å². The van der Waals surface area contributed by atoms with Crippen LogP contribution in [0.3, 0.4) is 0 Å². The first-order valence-corrected chi connectivity index (χ1v) is 8.87. The van der Waals surface area contributed by atoms with Crippen LogP contribution in [0.2, 0.25) is 5.02 Å². The zero-order valence-electron chi connectivity index (χ0n) is 15.2. The van der Waals surface area contributed by atoms with Gasteiger partial charge in [-0.25, -0.2) is 0 Å². The van der Waals surface area contributed by atoms with E-state index in [2.05, 4.69) is 16.0 Å². The maximum Gasteiger partial charge on any atom is 0.222 e. The highest BCUT2D eigenvalue weighted by molar-refractivity contribution is 6.30. The molecule has 3 amide bonds. The van der Waals surface area contributed by atoms with E-state index in [4.69, 9.17) is 11.6 Å². The Hall–Kier alpha value is -2.86. The van der Waals surface area contributed by atoms with Crippen LogP contribution >= 0.6 is 11.6 Å². The van der Waals surface area contributed by atoms with Crippen LogP contribution in [0.15, 0.2) is 48.5 Å². The molecule has 6 nitrogen and oxygen atoms in total. The number of carbonyl (C=O) groups excluding carboxylic acids is 3. The summed E-state index contributed by atoms with van der Waals surface area (Å²) in [6.07, 6.45) is 0.116. The molecule has 0 aliphatic rings. The highest BCUT2D eigenvalue weighted by Crippen LogP contribution is 2.19. The van der Waals surface area contributed by atoms with Gasteiger partial charge in [0.2, 0.25) is 17.7 Å². The molecule has 142 valence electrons. The fourth-order valence-electron chi connectivity index (χ4n) is 2.56. The summed E-state index contributed by atoms with van der Waals surface area (Å²) in [6.45, 7) is 3.21. The average Bonchev–Trinajstić information content (AvgIpc) is 2.60. The Morgan fingerprint density at radius 1 is 0.926 bits per heavy atom. The van der Waals surface area contributed by atoms with Gasteiger partial charge in [0.1, 0.15) is 0 Å². The number of benzene rings is 2. The minimum atomic E-state index is -0.429. The van der Waals surface area contributed by atoms with E-state index >= 15 is 0 Å². The molecule has 0 spiro atoms. The summed E-state index contributed by atoms with van der Waals surface area (Å²) in [6, 6.07) is 13.8. The van der Waals surface area contributed by atoms with Crippen LogP contribution < -0.4 is 16.0 Å². The lowest BCUT2D eigenvalue weighted by atomic mass is 10.0. The molecule has 7 heteroatoms. The van der Waals surface area contributed by atoms with E-state index in [9.17, 15) is 14.4 Å². The Morgan fingerprint density at radius 2 is 1.56 bits per heavy atom. The quantitative estimate of drug-likeness (QED) is 0.681. The van der Waals surface area contributed by atoms with Crippen LogP contribution in [0.5, 0.6) is 0 Å². The number of halogens is 1. The minimum absolute atomic E-state index is 0.116. The first-order chi connectivity index (χ1) is 12.8. The average molecular weight is 388 g/mol. The van der Waals surface area contributed by atoms with Crippen LogP contribution in [0.4, 0.5) is 5.69 Å². The Labute approximate surface area is 163 Å². The molecule has 2 aromatic rings. The van der Waals surface area contributed by atoms with Gasteiger partial charge in [-0.3, -0.25) is 14.4 Å². The van der Waals surface area contributed by atoms with Gasteiger partial charge in [-0.15, -0.1) is 0 Å². The van der Waals surface area contributed by atoms with Crippen LogP contribution in [-0.4, -0.2) is 17.7 Å². The predicted molar refractivity (Wildman–Crippen MR) is 105 cm³/mol. The number of hydrogen-bond donors (Lipinski definition) is 3. The molecule has 2 rings (SSSR count). The molecule has 0 bridgehead atoms. The highest BCUT2D eigenvalue weighted by Gasteiger charge is 2.17. The van der Waals surface area contributed by atoms with Gasteiger partial charge < -0.3 is 16.0 Å². The number of anilines is 1. The van der Waals surface area contributed by atoms with Crippen molar-refractivity contribution in [1.29, 1.82) is 0 Å². The van der Waals surface area contributed by atoms with Crippen molar-refractivity contribution >= 4 is 35.0 Å². The largest absolute Gasteiger partial charge is 0.352 e. The third kappa shape index (κ3) is 7.11. The molecule has 0 saturated carbocycles. The van der Waals surface area contributed by atoms with E-state index in [0.717, 1.165) is 11.1 Å². The molecule has 0 aliphatic heterocycles. The van der Waals surface area contributed by atoms with Crippen molar-refractivity contribution < 1.29 is 14.4 Å². The first kappa shape index (κ1) is 20.5. The lowest BCUT2D eigenvalue weighted by molar-refractivity contribution is -0.123. The van der Waals surface area contributed by atoms with Gasteiger partial charge in [0.25, 0.3) is 0 Å². The third-order valence-corrected chi connectivity index (χ3v) is 4.06. The van der Waals surface area contributed by atoms with Crippen molar-refractivity contribution in [2.45, 2.75) is 32.9 Å². The maximum atomic E-state index is 12.3. The standard InChI is InChI=1S/C20H22ClN3O3/c1-13(25)23-18-9-3-15(4-10-18)12-22-20(27)11-19(24-14(2)26)16-5-7-17(21)8-6-16/h3-10,19H,11-12H2,1-2H3,(H,22,27)(H,23,25)(H,24,26)/t19-/m0/s1. The Morgan fingerprint density at radius 3 is 2.11 bits per heavy atom. The zero-order valence-corrected chi connectivity index (χ0v) is 16.0. The molecule has 0 aromatic heterocycles. The van der Waals surface area contributed by atoms with E-state index in [-0.39, 0.29) is 24.1 Å². The highest BCUT2D eigenvalue weighted by atomic mass is 35.5. The van der Waals surface area contributed by atoms with Crippen molar-refractivity contribution in [2.75, 3.05) is 5.32 Å². The van der Waals surface area contributed by atoms with Crippen molar-refractivity contribution in [3.63, 3.8) is 0 Å². The second kappa shape index (κ2) is 9.73. The van der Waals surface area contributed by atoms with Crippen LogP contribution in [0, 0.1) is 0 Å². The van der Waals surface area contributed by atoms with E-state index < -0.39 is 6.04 Å². The van der Waals surface area contributed by atoms with E-state index in [1.807, 2.05) is 12.1 Å². The number of hydrogen-bond acceptors (Lipinski definition) is 3. The van der Waals surface area contributed by atoms with Gasteiger partial charge in [-0.1, -0.05) is 35.9 Å². The van der Waals surface area contributed by atoms with Gasteiger partial charge in [0.15, 0.2) is 0 Å². The molecule has 2 aromatic carbocycles. The second-order valence-corrected chi connectivity index (χ2v) is 6.60. The summed E-state index contributed by atoms with van der Waals surface area (Å²) in [5.41, 5.74) is 2.41. The lowest BCUT2D eigenvalue weighted by Crippen LogP contribution is -2.32. The van der Waals surface area contributed by atoms with Crippen molar-refractivity contribution in [1.82, 2.24) is 10.6 Å². The van der Waals surface area contributed by atoms with Crippen LogP contribution in [0.1, 0.15) is 37.4 Å². The zero-order chi connectivity index (χ0) is 19.8. The maximum absolute atomic E-state index is 12.3. The molecule has 1 atom stereocenters. The molecule has 27 heavy (non-hydrogen) atoms. The summed E-state index contributed by atoms with van der Waals surface area (Å²) in [4.78, 5) is 34.8. The topological polar surface area (TPSA) is 87.3 Å². The molecule has 3 N–H and O–H groups in total. The third-order valence-electron chi connectivity index (χ3n) is 3.80. The Bertz CT molecular complexity index is 804. The molecule has 0 aliphatic carbocycles. The molecular weight excluding hydrogens is 366 g/mol. The fraction of sp³-hybridized carbons (Fsp3) is 0.250. The van der Waals surface area contributed by atoms with Crippen LogP contribution in [-0.2, 0) is 20.9 Å². The molecule has 0 heterocycles. The monoisotopic (exact) mass is 387 g/mol. The summed E-state index contributed by atoms with van der Waals surface area (Å²) < 4.78 is 0. The fourth-order valence-corrected chi connectivity index (χ4v) is 2.69. The van der Waals surface area contributed by atoms with E-state index in [0.29, 0.717) is 17.3 Å². The van der Waals surface area contributed by atoms with Gasteiger partial charge in [-0.2, -0.15) is 0 Å². The Balaban J connectivity index is 1.94. The van der Waals surface area contributed by atoms with E-state index in [1.165, 1.54) is 13.8 Å². The lowest BCUT2D eigenvalue weighted by Gasteiger charge is -2.18.